The molecule has 1 aromatic carbocycles. The summed E-state index contributed by atoms with van der Waals surface area (Å²) in [6, 6.07) is 4.96. The first kappa shape index (κ1) is 21.0. The average molecular weight is 453 g/mol. The summed E-state index contributed by atoms with van der Waals surface area (Å²) in [6.07, 6.45) is 1.73. The molecule has 2 aromatic heterocycles. The van der Waals surface area contributed by atoms with Crippen molar-refractivity contribution < 1.29 is 31.5 Å². The number of pyridine rings is 1. The van der Waals surface area contributed by atoms with Crippen molar-refractivity contribution in [3.63, 3.8) is 0 Å². The molecule has 0 spiro atoms. The second-order valence-electron chi connectivity index (χ2n) is 6.50. The molecule has 1 amide bonds. The fourth-order valence-corrected chi connectivity index (χ4v) is 4.14. The summed E-state index contributed by atoms with van der Waals surface area (Å²) in [5, 5.41) is 2.63. The Hall–Kier alpha value is -3.29. The minimum Gasteiger partial charge on any atom is -0.408 e. The highest BCUT2D eigenvalue weighted by molar-refractivity contribution is 7.90. The molecule has 0 atom stereocenters. The monoisotopic (exact) mass is 453 g/mol. The van der Waals surface area contributed by atoms with Gasteiger partial charge in [-0.3, -0.25) is 10.0 Å². The van der Waals surface area contributed by atoms with Crippen molar-refractivity contribution in [1.29, 1.82) is 0 Å². The van der Waals surface area contributed by atoms with Crippen molar-refractivity contribution in [1.82, 2.24) is 14.3 Å². The molecule has 3 N–H and O–H groups in total. The third-order valence-electron chi connectivity index (χ3n) is 4.45. The van der Waals surface area contributed by atoms with Gasteiger partial charge in [-0.1, -0.05) is 0 Å². The van der Waals surface area contributed by atoms with Crippen LogP contribution in [-0.2, 0) is 14.9 Å². The topological polar surface area (TPSA) is 126 Å². The van der Waals surface area contributed by atoms with Gasteiger partial charge in [0, 0.05) is 24.7 Å². The molecule has 4 rings (SSSR count). The number of amides is 1. The molecule has 0 aliphatic carbocycles. The molecule has 0 unspecified atom stereocenters. The van der Waals surface area contributed by atoms with Crippen LogP contribution in [0.5, 0.6) is 5.75 Å². The summed E-state index contributed by atoms with van der Waals surface area (Å²) < 4.78 is 67.1. The zero-order valence-corrected chi connectivity index (χ0v) is 16.7. The number of nitrogens with one attached hydrogen (secondary N) is 3. The number of aromatic amines is 1. The van der Waals surface area contributed by atoms with Crippen molar-refractivity contribution in [3.05, 3.63) is 48.3 Å². The number of H-pyrrole nitrogens is 1. The molecular formula is C18H17F2N5O5S. The van der Waals surface area contributed by atoms with Crippen LogP contribution in [0.3, 0.4) is 0 Å². The zero-order valence-electron chi connectivity index (χ0n) is 15.9. The summed E-state index contributed by atoms with van der Waals surface area (Å²) in [5.41, 5.74) is -0.813. The number of fused-ring (bicyclic) bond motifs is 1. The van der Waals surface area contributed by atoms with E-state index in [1.54, 1.807) is 12.3 Å². The second-order valence-corrected chi connectivity index (χ2v) is 8.17. The minimum absolute atomic E-state index is 0.0505. The van der Waals surface area contributed by atoms with Gasteiger partial charge in [-0.25, -0.2) is 18.6 Å². The summed E-state index contributed by atoms with van der Waals surface area (Å²) in [7, 11) is -4.10. The Morgan fingerprint density at radius 1 is 1.23 bits per heavy atom. The van der Waals surface area contributed by atoms with Crippen LogP contribution >= 0.6 is 0 Å². The van der Waals surface area contributed by atoms with Crippen LogP contribution in [0.4, 0.5) is 25.0 Å². The smallest absolute Gasteiger partial charge is 0.408 e. The summed E-state index contributed by atoms with van der Waals surface area (Å²) in [6.45, 7) is 0.591. The molecule has 13 heteroatoms. The predicted octanol–water partition coefficient (Wildman–Crippen LogP) is 2.44. The molecule has 10 nitrogen and oxygen atoms in total. The Morgan fingerprint density at radius 3 is 2.77 bits per heavy atom. The summed E-state index contributed by atoms with van der Waals surface area (Å²) in [4.78, 5) is 19.0. The van der Waals surface area contributed by atoms with E-state index in [0.717, 1.165) is 16.4 Å². The third-order valence-corrected chi connectivity index (χ3v) is 5.98. The number of hydrogen-bond acceptors (Lipinski definition) is 6. The van der Waals surface area contributed by atoms with Crippen molar-refractivity contribution in [3.8, 4) is 5.75 Å². The van der Waals surface area contributed by atoms with Gasteiger partial charge < -0.3 is 14.5 Å². The lowest BCUT2D eigenvalue weighted by atomic mass is 10.2. The average Bonchev–Trinajstić information content (AvgIpc) is 3.22. The molecule has 1 saturated heterocycles. The maximum absolute atomic E-state index is 14.8. The quantitative estimate of drug-likeness (QED) is 0.545. The van der Waals surface area contributed by atoms with Crippen molar-refractivity contribution in [2.75, 3.05) is 36.3 Å². The molecule has 0 radical (unpaired) electrons. The molecule has 1 fully saturated rings. The van der Waals surface area contributed by atoms with Gasteiger partial charge in [0.15, 0.2) is 11.6 Å². The van der Waals surface area contributed by atoms with Crippen LogP contribution in [0.15, 0.2) is 36.7 Å². The van der Waals surface area contributed by atoms with Gasteiger partial charge in [-0.2, -0.15) is 12.7 Å². The zero-order chi connectivity index (χ0) is 22.0. The predicted molar refractivity (Wildman–Crippen MR) is 107 cm³/mol. The molecule has 0 saturated carbocycles. The highest BCUT2D eigenvalue weighted by atomic mass is 32.2. The lowest BCUT2D eigenvalue weighted by Crippen LogP contribution is -2.43. The molecule has 3 aromatic rings. The lowest BCUT2D eigenvalue weighted by molar-refractivity contribution is 0.0733. The number of halogens is 2. The van der Waals surface area contributed by atoms with Crippen LogP contribution in [0.2, 0.25) is 0 Å². The minimum atomic E-state index is -4.10. The van der Waals surface area contributed by atoms with Gasteiger partial charge in [0.2, 0.25) is 0 Å². The Kier molecular flexibility index (Phi) is 5.71. The van der Waals surface area contributed by atoms with E-state index in [2.05, 4.69) is 14.7 Å². The molecule has 1 aliphatic rings. The maximum atomic E-state index is 14.8. The van der Waals surface area contributed by atoms with Gasteiger partial charge in [0.05, 0.1) is 25.1 Å². The highest BCUT2D eigenvalue weighted by Crippen LogP contribution is 2.28. The molecule has 1 aliphatic heterocycles. The number of carbonyl (C=O) groups is 1. The van der Waals surface area contributed by atoms with E-state index in [9.17, 15) is 22.0 Å². The number of nitrogens with zero attached hydrogens (tertiary/aromatic N) is 2. The summed E-state index contributed by atoms with van der Waals surface area (Å²) in [5.74, 6) is -2.36. The summed E-state index contributed by atoms with van der Waals surface area (Å²) >= 11 is 0. The first-order valence-corrected chi connectivity index (χ1v) is 10.5. The Labute approximate surface area is 175 Å². The van der Waals surface area contributed by atoms with Crippen LogP contribution in [0, 0.1) is 11.6 Å². The molecule has 164 valence electrons. The van der Waals surface area contributed by atoms with E-state index in [0.29, 0.717) is 11.0 Å². The van der Waals surface area contributed by atoms with Crippen molar-refractivity contribution in [2.24, 2.45) is 0 Å². The van der Waals surface area contributed by atoms with Gasteiger partial charge >= 0.3 is 16.3 Å². The maximum Gasteiger partial charge on any atom is 0.417 e. The first-order chi connectivity index (χ1) is 14.8. The van der Waals surface area contributed by atoms with E-state index in [1.165, 1.54) is 12.3 Å². The normalized spacial score (nSPS) is 15.0. The Morgan fingerprint density at radius 2 is 2.00 bits per heavy atom. The van der Waals surface area contributed by atoms with E-state index >= 15 is 0 Å². The molecule has 31 heavy (non-hydrogen) atoms. The number of morpholine rings is 1. The SMILES string of the molecule is O=C(Nc1c(F)ccc(NS(=O)(=O)N2CCOCC2)c1F)Oc1cnc2[nH]ccc2c1. The van der Waals surface area contributed by atoms with Crippen molar-refractivity contribution >= 4 is 38.7 Å². The lowest BCUT2D eigenvalue weighted by Gasteiger charge is -2.26. The fraction of sp³-hybridized carbons (Fsp3) is 0.222. The van der Waals surface area contributed by atoms with Gasteiger partial charge in [0.1, 0.15) is 17.2 Å². The van der Waals surface area contributed by atoms with E-state index in [1.807, 2.05) is 5.32 Å². The molecular weight excluding hydrogens is 436 g/mol. The van der Waals surface area contributed by atoms with Crippen LogP contribution in [0.1, 0.15) is 0 Å². The third kappa shape index (κ3) is 4.57. The van der Waals surface area contributed by atoms with Gasteiger partial charge in [-0.15, -0.1) is 0 Å². The van der Waals surface area contributed by atoms with Crippen LogP contribution in [-0.4, -0.2) is 55.1 Å². The molecule has 0 bridgehead atoms. The number of benzene rings is 1. The number of anilines is 2. The number of carbonyl (C=O) groups excluding carboxylic acids is 1. The highest BCUT2D eigenvalue weighted by Gasteiger charge is 2.27. The van der Waals surface area contributed by atoms with E-state index in [-0.39, 0.29) is 32.1 Å². The fourth-order valence-electron chi connectivity index (χ4n) is 2.95. The van der Waals surface area contributed by atoms with Crippen LogP contribution in [0.25, 0.3) is 11.0 Å². The second kappa shape index (κ2) is 8.45. The number of aromatic nitrogens is 2. The van der Waals surface area contributed by atoms with Crippen molar-refractivity contribution in [2.45, 2.75) is 0 Å². The van der Waals surface area contributed by atoms with Crippen LogP contribution < -0.4 is 14.8 Å². The first-order valence-electron chi connectivity index (χ1n) is 9.09. The number of rotatable bonds is 5. The largest absolute Gasteiger partial charge is 0.417 e. The van der Waals surface area contributed by atoms with E-state index in [4.69, 9.17) is 9.47 Å². The Balaban J connectivity index is 1.50. The molecule has 3 heterocycles. The Bertz CT molecular complexity index is 1230. The standard InChI is InChI=1S/C18H17F2N5O5S/c19-13-1-2-14(24-31(27,28)25-5-7-29-8-6-25)15(20)16(13)23-18(26)30-12-9-11-3-4-21-17(11)22-10-12/h1-4,9-10,24H,5-8H2,(H,21,22)(H,23,26). The van der Waals surface area contributed by atoms with Gasteiger partial charge in [0.25, 0.3) is 0 Å². The number of hydrogen-bond donors (Lipinski definition) is 3. The van der Waals surface area contributed by atoms with Gasteiger partial charge in [-0.05, 0) is 24.3 Å². The number of ether oxygens (including phenoxy) is 2. The van der Waals surface area contributed by atoms with E-state index < -0.39 is 39.3 Å².